The molecule has 0 radical (unpaired) electrons. The van der Waals surface area contributed by atoms with Crippen molar-refractivity contribution in [1.82, 2.24) is 4.57 Å². The molecular formula is C13H12BrNO4. The second-order valence-corrected chi connectivity index (χ2v) is 5.22. The SMILES string of the molecule is Cc1cc(Cn2cc(Br)cc(C)c2=O)oc1C(=O)O. The first kappa shape index (κ1) is 13.6. The second-order valence-electron chi connectivity index (χ2n) is 4.30. The number of halogens is 1. The molecule has 19 heavy (non-hydrogen) atoms. The number of carboxylic acid groups (broad SMARTS) is 1. The first-order chi connectivity index (χ1) is 8.88. The molecular weight excluding hydrogens is 314 g/mol. The van der Waals surface area contributed by atoms with Crippen LogP contribution < -0.4 is 5.56 Å². The summed E-state index contributed by atoms with van der Waals surface area (Å²) in [6, 6.07) is 3.36. The van der Waals surface area contributed by atoms with Gasteiger partial charge in [0.2, 0.25) is 5.76 Å². The summed E-state index contributed by atoms with van der Waals surface area (Å²) in [4.78, 5) is 22.8. The van der Waals surface area contributed by atoms with E-state index in [9.17, 15) is 9.59 Å². The summed E-state index contributed by atoms with van der Waals surface area (Å²) >= 11 is 3.32. The lowest BCUT2D eigenvalue weighted by molar-refractivity contribution is 0.0659. The summed E-state index contributed by atoms with van der Waals surface area (Å²) in [7, 11) is 0. The van der Waals surface area contributed by atoms with Crippen LogP contribution in [0.25, 0.3) is 0 Å². The van der Waals surface area contributed by atoms with Gasteiger partial charge in [0.25, 0.3) is 5.56 Å². The van der Waals surface area contributed by atoms with E-state index in [1.54, 1.807) is 32.2 Å². The minimum atomic E-state index is -1.11. The van der Waals surface area contributed by atoms with Crippen molar-refractivity contribution in [2.75, 3.05) is 0 Å². The Labute approximate surface area is 117 Å². The van der Waals surface area contributed by atoms with Crippen molar-refractivity contribution in [3.63, 3.8) is 0 Å². The Morgan fingerprint density at radius 2 is 2.05 bits per heavy atom. The Hall–Kier alpha value is -1.82. The van der Waals surface area contributed by atoms with Gasteiger partial charge in [0.05, 0.1) is 6.54 Å². The van der Waals surface area contributed by atoms with Crippen LogP contribution in [0.4, 0.5) is 0 Å². The maximum Gasteiger partial charge on any atom is 0.372 e. The molecule has 0 aromatic carbocycles. The standard InChI is InChI=1S/C13H12BrNO4/c1-7-4-10(19-11(7)13(17)18)6-15-5-9(14)3-8(2)12(15)16/h3-5H,6H2,1-2H3,(H,17,18). The lowest BCUT2D eigenvalue weighted by Crippen LogP contribution is -2.21. The van der Waals surface area contributed by atoms with Crippen LogP contribution in [0.15, 0.2) is 32.0 Å². The fourth-order valence-corrected chi connectivity index (χ4v) is 2.45. The third kappa shape index (κ3) is 2.78. The molecule has 0 saturated heterocycles. The fraction of sp³-hybridized carbons (Fsp3) is 0.231. The predicted molar refractivity (Wildman–Crippen MR) is 72.6 cm³/mol. The summed E-state index contributed by atoms with van der Waals surface area (Å²) in [5.41, 5.74) is 1.02. The zero-order valence-corrected chi connectivity index (χ0v) is 12.0. The number of carboxylic acids is 1. The van der Waals surface area contributed by atoms with Crippen molar-refractivity contribution in [3.8, 4) is 0 Å². The molecule has 100 valence electrons. The highest BCUT2D eigenvalue weighted by atomic mass is 79.9. The van der Waals surface area contributed by atoms with Crippen molar-refractivity contribution in [2.45, 2.75) is 20.4 Å². The van der Waals surface area contributed by atoms with Crippen molar-refractivity contribution in [2.24, 2.45) is 0 Å². The van der Waals surface area contributed by atoms with Crippen LogP contribution in [-0.4, -0.2) is 15.6 Å². The average Bonchev–Trinajstić information content (AvgIpc) is 2.66. The number of carbonyl (C=O) groups is 1. The van der Waals surface area contributed by atoms with E-state index in [-0.39, 0.29) is 17.9 Å². The molecule has 0 fully saturated rings. The van der Waals surface area contributed by atoms with Crippen molar-refractivity contribution in [3.05, 3.63) is 55.8 Å². The van der Waals surface area contributed by atoms with Crippen molar-refractivity contribution < 1.29 is 14.3 Å². The molecule has 2 aromatic heterocycles. The molecule has 0 unspecified atom stereocenters. The highest BCUT2D eigenvalue weighted by molar-refractivity contribution is 9.10. The molecule has 2 aromatic rings. The Bertz CT molecular complexity index is 699. The third-order valence-electron chi connectivity index (χ3n) is 2.72. The molecule has 5 nitrogen and oxygen atoms in total. The summed E-state index contributed by atoms with van der Waals surface area (Å²) in [5.74, 6) is -0.759. The van der Waals surface area contributed by atoms with Gasteiger partial charge in [0.15, 0.2) is 0 Å². The van der Waals surface area contributed by atoms with Crippen LogP contribution in [0.1, 0.15) is 27.4 Å². The van der Waals surface area contributed by atoms with Gasteiger partial charge in [-0.2, -0.15) is 0 Å². The number of pyridine rings is 1. The van der Waals surface area contributed by atoms with Gasteiger partial charge in [-0.3, -0.25) is 4.79 Å². The van der Waals surface area contributed by atoms with Gasteiger partial charge in [-0.1, -0.05) is 0 Å². The number of furan rings is 1. The van der Waals surface area contributed by atoms with E-state index >= 15 is 0 Å². The molecule has 6 heteroatoms. The number of nitrogens with zero attached hydrogens (tertiary/aromatic N) is 1. The first-order valence-corrected chi connectivity index (χ1v) is 6.37. The lowest BCUT2D eigenvalue weighted by Gasteiger charge is -2.05. The van der Waals surface area contributed by atoms with Crippen LogP contribution in [0.2, 0.25) is 0 Å². The van der Waals surface area contributed by atoms with E-state index in [1.165, 1.54) is 4.57 Å². The summed E-state index contributed by atoms with van der Waals surface area (Å²) < 4.78 is 7.50. The van der Waals surface area contributed by atoms with Gasteiger partial charge in [0.1, 0.15) is 5.76 Å². The number of hydrogen-bond donors (Lipinski definition) is 1. The van der Waals surface area contributed by atoms with E-state index in [1.807, 2.05) is 0 Å². The number of hydrogen-bond acceptors (Lipinski definition) is 3. The Kier molecular flexibility index (Phi) is 3.61. The molecule has 0 spiro atoms. The monoisotopic (exact) mass is 325 g/mol. The first-order valence-electron chi connectivity index (χ1n) is 5.57. The molecule has 0 amide bonds. The maximum atomic E-state index is 11.9. The highest BCUT2D eigenvalue weighted by Crippen LogP contribution is 2.16. The van der Waals surface area contributed by atoms with Gasteiger partial charge in [-0.25, -0.2) is 4.79 Å². The number of aryl methyl sites for hydroxylation is 2. The molecule has 0 aliphatic rings. The van der Waals surface area contributed by atoms with Gasteiger partial charge >= 0.3 is 5.97 Å². The quantitative estimate of drug-likeness (QED) is 0.941. The average molecular weight is 326 g/mol. The molecule has 0 aliphatic heterocycles. The fourth-order valence-electron chi connectivity index (χ4n) is 1.86. The van der Waals surface area contributed by atoms with E-state index in [0.29, 0.717) is 16.9 Å². The largest absolute Gasteiger partial charge is 0.475 e. The van der Waals surface area contributed by atoms with Crippen LogP contribution in [-0.2, 0) is 6.54 Å². The maximum absolute atomic E-state index is 11.9. The molecule has 1 N–H and O–H groups in total. The Morgan fingerprint density at radius 3 is 2.63 bits per heavy atom. The summed E-state index contributed by atoms with van der Waals surface area (Å²) in [6.07, 6.45) is 1.65. The zero-order valence-electron chi connectivity index (χ0n) is 10.4. The molecule has 0 saturated carbocycles. The zero-order chi connectivity index (χ0) is 14.2. The number of aromatic nitrogens is 1. The van der Waals surface area contributed by atoms with Crippen LogP contribution in [0.5, 0.6) is 0 Å². The lowest BCUT2D eigenvalue weighted by atomic mass is 10.2. The number of aromatic carboxylic acids is 1. The van der Waals surface area contributed by atoms with E-state index in [2.05, 4.69) is 15.9 Å². The predicted octanol–water partition coefficient (Wildman–Crippen LogP) is 2.57. The van der Waals surface area contributed by atoms with E-state index in [0.717, 1.165) is 4.47 Å². The Morgan fingerprint density at radius 1 is 1.37 bits per heavy atom. The minimum absolute atomic E-state index is 0.0882. The number of rotatable bonds is 3. The van der Waals surface area contributed by atoms with E-state index in [4.69, 9.17) is 9.52 Å². The second kappa shape index (κ2) is 5.05. The normalized spacial score (nSPS) is 10.7. The summed E-state index contributed by atoms with van der Waals surface area (Å²) in [6.45, 7) is 3.58. The molecule has 0 bridgehead atoms. The van der Waals surface area contributed by atoms with Crippen LogP contribution in [0, 0.1) is 13.8 Å². The summed E-state index contributed by atoms with van der Waals surface area (Å²) in [5, 5.41) is 8.92. The highest BCUT2D eigenvalue weighted by Gasteiger charge is 2.15. The van der Waals surface area contributed by atoms with Gasteiger partial charge in [-0.15, -0.1) is 0 Å². The minimum Gasteiger partial charge on any atom is -0.475 e. The molecule has 0 aliphatic carbocycles. The smallest absolute Gasteiger partial charge is 0.372 e. The molecule has 2 heterocycles. The van der Waals surface area contributed by atoms with Crippen LogP contribution >= 0.6 is 15.9 Å². The van der Waals surface area contributed by atoms with Gasteiger partial charge in [-0.05, 0) is 41.9 Å². The van der Waals surface area contributed by atoms with Crippen molar-refractivity contribution in [1.29, 1.82) is 0 Å². The molecule has 0 atom stereocenters. The van der Waals surface area contributed by atoms with Crippen molar-refractivity contribution >= 4 is 21.9 Å². The topological polar surface area (TPSA) is 72.4 Å². The van der Waals surface area contributed by atoms with Gasteiger partial charge in [0, 0.05) is 21.8 Å². The Balaban J connectivity index is 2.39. The van der Waals surface area contributed by atoms with Crippen LogP contribution in [0.3, 0.4) is 0 Å². The van der Waals surface area contributed by atoms with Gasteiger partial charge < -0.3 is 14.1 Å². The third-order valence-corrected chi connectivity index (χ3v) is 3.15. The van der Waals surface area contributed by atoms with E-state index < -0.39 is 5.97 Å². The molecule has 2 rings (SSSR count).